The molecule has 3 aliphatic rings. The first-order valence-corrected chi connectivity index (χ1v) is 8.52. The molecule has 1 unspecified atom stereocenters. The van der Waals surface area contributed by atoms with Crippen molar-refractivity contribution in [1.82, 2.24) is 0 Å². The van der Waals surface area contributed by atoms with E-state index in [9.17, 15) is 9.90 Å². The summed E-state index contributed by atoms with van der Waals surface area (Å²) in [5.41, 5.74) is 0.848. The van der Waals surface area contributed by atoms with Gasteiger partial charge in [-0.2, -0.15) is 0 Å². The Bertz CT molecular complexity index is 506. The molecular weight excluding hydrogens is 296 g/mol. The summed E-state index contributed by atoms with van der Waals surface area (Å²) >= 11 is 0. The molecule has 2 saturated heterocycles. The van der Waals surface area contributed by atoms with Crippen LogP contribution in [0.15, 0.2) is 11.6 Å². The van der Waals surface area contributed by atoms with E-state index < -0.39 is 5.97 Å². The average Bonchev–Trinajstić information content (AvgIpc) is 3.37. The topological polar surface area (TPSA) is 71.6 Å². The van der Waals surface area contributed by atoms with Crippen LogP contribution in [0.1, 0.15) is 46.5 Å². The fourth-order valence-electron chi connectivity index (χ4n) is 4.53. The number of ether oxygens (including phenoxy) is 3. The molecule has 1 spiro atoms. The van der Waals surface area contributed by atoms with Crippen molar-refractivity contribution in [2.45, 2.75) is 69.9 Å². The smallest absolute Gasteiger partial charge is 0.303 e. The van der Waals surface area contributed by atoms with Crippen molar-refractivity contribution in [3.8, 4) is 0 Å². The summed E-state index contributed by atoms with van der Waals surface area (Å²) in [5, 5.41) is 9.20. The third-order valence-electron chi connectivity index (χ3n) is 5.86. The summed E-state index contributed by atoms with van der Waals surface area (Å²) < 4.78 is 17.8. The lowest BCUT2D eigenvalue weighted by Crippen LogP contribution is -2.52. The van der Waals surface area contributed by atoms with E-state index in [4.69, 9.17) is 14.2 Å². The van der Waals surface area contributed by atoms with E-state index in [1.165, 1.54) is 5.57 Å². The van der Waals surface area contributed by atoms with E-state index in [0.29, 0.717) is 0 Å². The van der Waals surface area contributed by atoms with Gasteiger partial charge in [0.25, 0.3) is 0 Å². The lowest BCUT2D eigenvalue weighted by Gasteiger charge is -2.43. The highest BCUT2D eigenvalue weighted by Gasteiger charge is 2.71. The van der Waals surface area contributed by atoms with E-state index in [0.717, 1.165) is 25.9 Å². The van der Waals surface area contributed by atoms with Gasteiger partial charge in [0, 0.05) is 13.0 Å². The Morgan fingerprint density at radius 3 is 2.65 bits per heavy atom. The first-order chi connectivity index (χ1) is 10.8. The fourth-order valence-corrected chi connectivity index (χ4v) is 4.53. The summed E-state index contributed by atoms with van der Waals surface area (Å²) in [5.74, 6) is -0.623. The van der Waals surface area contributed by atoms with Crippen LogP contribution in [0.25, 0.3) is 0 Å². The van der Waals surface area contributed by atoms with Gasteiger partial charge in [0.2, 0.25) is 0 Å². The normalized spacial score (nSPS) is 44.9. The average molecular weight is 324 g/mol. The van der Waals surface area contributed by atoms with E-state index in [1.54, 1.807) is 7.11 Å². The van der Waals surface area contributed by atoms with Crippen LogP contribution in [-0.2, 0) is 19.0 Å². The van der Waals surface area contributed by atoms with Crippen molar-refractivity contribution in [1.29, 1.82) is 0 Å². The number of hydrogen-bond acceptors (Lipinski definition) is 4. The molecule has 23 heavy (non-hydrogen) atoms. The lowest BCUT2D eigenvalue weighted by atomic mass is 9.65. The minimum atomic E-state index is -0.758. The van der Waals surface area contributed by atoms with Gasteiger partial charge in [0.1, 0.15) is 5.60 Å². The van der Waals surface area contributed by atoms with E-state index in [-0.39, 0.29) is 41.7 Å². The highest BCUT2D eigenvalue weighted by atomic mass is 16.6. The number of carboxylic acid groups (broad SMARTS) is 1. The zero-order valence-corrected chi connectivity index (χ0v) is 14.5. The molecule has 0 aromatic carbocycles. The van der Waals surface area contributed by atoms with Crippen molar-refractivity contribution in [3.05, 3.63) is 11.6 Å². The van der Waals surface area contributed by atoms with Gasteiger partial charge in [0.05, 0.1) is 30.8 Å². The Morgan fingerprint density at radius 1 is 1.43 bits per heavy atom. The van der Waals surface area contributed by atoms with Gasteiger partial charge in [-0.25, -0.2) is 0 Å². The monoisotopic (exact) mass is 324 g/mol. The Balaban J connectivity index is 1.79. The third-order valence-corrected chi connectivity index (χ3v) is 5.86. The summed E-state index contributed by atoms with van der Waals surface area (Å²) in [4.78, 5) is 11.2. The first-order valence-electron chi connectivity index (χ1n) is 8.52. The van der Waals surface area contributed by atoms with Crippen LogP contribution in [0.2, 0.25) is 0 Å². The highest BCUT2D eigenvalue weighted by Crippen LogP contribution is 2.60. The molecule has 0 amide bonds. The van der Waals surface area contributed by atoms with Crippen LogP contribution in [0.3, 0.4) is 0 Å². The first kappa shape index (κ1) is 16.9. The van der Waals surface area contributed by atoms with E-state index >= 15 is 0 Å². The summed E-state index contributed by atoms with van der Waals surface area (Å²) in [6, 6.07) is 0. The number of allylic oxidation sites excluding steroid dienone is 1. The lowest BCUT2D eigenvalue weighted by molar-refractivity contribution is -0.143. The van der Waals surface area contributed by atoms with Gasteiger partial charge >= 0.3 is 5.97 Å². The van der Waals surface area contributed by atoms with Crippen LogP contribution in [0.5, 0.6) is 0 Å². The molecule has 5 heteroatoms. The number of carbonyl (C=O) groups is 1. The van der Waals surface area contributed by atoms with Crippen LogP contribution in [-0.4, -0.2) is 48.2 Å². The van der Waals surface area contributed by atoms with Gasteiger partial charge < -0.3 is 19.3 Å². The Morgan fingerprint density at radius 2 is 2.13 bits per heavy atom. The van der Waals surface area contributed by atoms with Crippen molar-refractivity contribution >= 4 is 5.97 Å². The summed E-state index contributed by atoms with van der Waals surface area (Å²) in [7, 11) is 1.69. The Labute approximate surface area is 138 Å². The number of aliphatic carboxylic acids is 1. The van der Waals surface area contributed by atoms with Gasteiger partial charge in [0.15, 0.2) is 0 Å². The van der Waals surface area contributed by atoms with Gasteiger partial charge in [-0.05, 0) is 46.0 Å². The zero-order chi connectivity index (χ0) is 16.8. The molecular formula is C18H28O5. The van der Waals surface area contributed by atoms with Crippen molar-refractivity contribution < 1.29 is 24.1 Å². The van der Waals surface area contributed by atoms with Gasteiger partial charge in [-0.3, -0.25) is 4.79 Å². The van der Waals surface area contributed by atoms with Crippen LogP contribution >= 0.6 is 0 Å². The third kappa shape index (κ3) is 3.06. The van der Waals surface area contributed by atoms with Crippen molar-refractivity contribution in [3.63, 3.8) is 0 Å². The SMILES string of the molecule is CO[C@@H]1C(CC(=O)O)CC[C@]2(CO2)[C@H]1[C@@]1(C)O[C@@H]1CC=C(C)C. The molecule has 2 heterocycles. The molecule has 3 rings (SSSR count). The predicted octanol–water partition coefficient (Wildman–Crippen LogP) is 2.79. The largest absolute Gasteiger partial charge is 0.481 e. The summed E-state index contributed by atoms with van der Waals surface area (Å²) in [6.07, 6.45) is 5.05. The van der Waals surface area contributed by atoms with E-state index in [2.05, 4.69) is 26.8 Å². The minimum Gasteiger partial charge on any atom is -0.481 e. The van der Waals surface area contributed by atoms with Gasteiger partial charge in [-0.15, -0.1) is 0 Å². The molecule has 6 atom stereocenters. The van der Waals surface area contributed by atoms with Crippen molar-refractivity contribution in [2.24, 2.45) is 11.8 Å². The second kappa shape index (κ2) is 5.87. The maximum absolute atomic E-state index is 11.2. The maximum Gasteiger partial charge on any atom is 0.303 e. The van der Waals surface area contributed by atoms with Crippen LogP contribution in [0.4, 0.5) is 0 Å². The highest BCUT2D eigenvalue weighted by molar-refractivity contribution is 5.67. The zero-order valence-electron chi connectivity index (χ0n) is 14.5. The Hall–Kier alpha value is -0.910. The standard InChI is InChI=1S/C18H28O5/c1-11(2)5-6-13-17(3,23-13)16-15(21-4)12(9-14(19)20)7-8-18(16)10-22-18/h5,12-13,15-16H,6-10H2,1-4H3,(H,19,20)/t12?,13-,15-,16-,17+,18+/m1/s1. The predicted molar refractivity (Wildman–Crippen MR) is 85.3 cm³/mol. The Kier molecular flexibility index (Phi) is 4.32. The second-order valence-corrected chi connectivity index (χ2v) is 7.74. The fraction of sp³-hybridized carbons (Fsp3) is 0.833. The molecule has 130 valence electrons. The maximum atomic E-state index is 11.2. The van der Waals surface area contributed by atoms with Crippen LogP contribution < -0.4 is 0 Å². The molecule has 0 aromatic rings. The second-order valence-electron chi connectivity index (χ2n) is 7.74. The minimum absolute atomic E-state index is 0.0300. The molecule has 1 N–H and O–H groups in total. The molecule has 1 aliphatic carbocycles. The number of rotatable bonds is 6. The molecule has 5 nitrogen and oxygen atoms in total. The number of methoxy groups -OCH3 is 1. The van der Waals surface area contributed by atoms with E-state index in [1.807, 2.05) is 0 Å². The summed E-state index contributed by atoms with van der Waals surface area (Å²) in [6.45, 7) is 7.06. The number of hydrogen-bond donors (Lipinski definition) is 1. The van der Waals surface area contributed by atoms with Crippen molar-refractivity contribution in [2.75, 3.05) is 13.7 Å². The molecule has 0 bridgehead atoms. The molecule has 2 aliphatic heterocycles. The number of epoxide rings is 2. The molecule has 3 fully saturated rings. The number of carboxylic acids is 1. The van der Waals surface area contributed by atoms with Crippen LogP contribution in [0, 0.1) is 11.8 Å². The quantitative estimate of drug-likeness (QED) is 0.601. The molecule has 0 radical (unpaired) electrons. The molecule has 0 aromatic heterocycles. The van der Waals surface area contributed by atoms with Gasteiger partial charge in [-0.1, -0.05) is 11.6 Å². The molecule has 1 saturated carbocycles.